The molecule has 39 heavy (non-hydrogen) atoms. The van der Waals surface area contributed by atoms with Crippen molar-refractivity contribution in [1.29, 1.82) is 10.5 Å². The second-order valence-electron chi connectivity index (χ2n) is 11.7. The van der Waals surface area contributed by atoms with Crippen molar-refractivity contribution in [2.24, 2.45) is 5.41 Å². The summed E-state index contributed by atoms with van der Waals surface area (Å²) in [6, 6.07) is 14.7. The molecule has 1 aliphatic carbocycles. The van der Waals surface area contributed by atoms with Crippen molar-refractivity contribution in [3.8, 4) is 12.1 Å². The maximum absolute atomic E-state index is 9.85. The molecule has 10 heteroatoms. The zero-order valence-corrected chi connectivity index (χ0v) is 23.7. The van der Waals surface area contributed by atoms with E-state index in [0.717, 1.165) is 40.7 Å². The Hall–Kier alpha value is -3.92. The average molecular weight is 539 g/mol. The molecule has 2 aromatic carbocycles. The van der Waals surface area contributed by atoms with Crippen LogP contribution in [0.4, 0.5) is 11.4 Å². The lowest BCUT2D eigenvalue weighted by Crippen LogP contribution is -2.46. The number of hydrogen-bond acceptors (Lipinski definition) is 8. The highest BCUT2D eigenvalue weighted by molar-refractivity contribution is 6.36. The molecule has 1 saturated carbocycles. The number of hydrogen-bond donors (Lipinski definition) is 4. The zero-order valence-electron chi connectivity index (χ0n) is 22.9. The molecule has 3 aromatic rings. The molecular formula is C29H32BClN8. The molecule has 1 unspecified atom stereocenters. The molecule has 2 aliphatic rings. The summed E-state index contributed by atoms with van der Waals surface area (Å²) in [7, 11) is 2.09. The van der Waals surface area contributed by atoms with Crippen molar-refractivity contribution in [2.45, 2.75) is 52.0 Å². The summed E-state index contributed by atoms with van der Waals surface area (Å²) in [5.74, 6) is 0. The number of nitriles is 2. The molecule has 0 radical (unpaired) electrons. The lowest BCUT2D eigenvalue weighted by Gasteiger charge is -2.35. The van der Waals surface area contributed by atoms with Crippen molar-refractivity contribution in [3.05, 3.63) is 75.7 Å². The van der Waals surface area contributed by atoms with Crippen molar-refractivity contribution >= 4 is 41.7 Å². The predicted octanol–water partition coefficient (Wildman–Crippen LogP) is 4.62. The van der Waals surface area contributed by atoms with Crippen molar-refractivity contribution in [3.63, 3.8) is 0 Å². The second-order valence-corrected chi connectivity index (χ2v) is 12.1. The number of nitrogens with one attached hydrogen (secondary N) is 4. The highest BCUT2D eigenvalue weighted by Crippen LogP contribution is 2.39. The van der Waals surface area contributed by atoms with Gasteiger partial charge in [-0.05, 0) is 54.5 Å². The highest BCUT2D eigenvalue weighted by atomic mass is 35.5. The van der Waals surface area contributed by atoms with Crippen LogP contribution in [0.25, 0.3) is 10.9 Å². The van der Waals surface area contributed by atoms with Crippen LogP contribution in [0.2, 0.25) is 5.02 Å². The van der Waals surface area contributed by atoms with E-state index < -0.39 is 5.44 Å². The molecule has 198 valence electrons. The first-order valence-electron chi connectivity index (χ1n) is 13.1. The van der Waals surface area contributed by atoms with Crippen LogP contribution in [-0.2, 0) is 5.44 Å². The molecule has 1 atom stereocenters. The number of halogens is 1. The Kier molecular flexibility index (Phi) is 6.84. The molecule has 5 rings (SSSR count). The lowest BCUT2D eigenvalue weighted by molar-refractivity contribution is 0.260. The van der Waals surface area contributed by atoms with Crippen molar-refractivity contribution in [1.82, 2.24) is 21.0 Å². The number of rotatable bonds is 7. The number of hydrazine groups is 2. The van der Waals surface area contributed by atoms with Gasteiger partial charge in [-0.1, -0.05) is 44.5 Å². The third-order valence-electron chi connectivity index (χ3n) is 7.29. The Morgan fingerprint density at radius 3 is 2.59 bits per heavy atom. The van der Waals surface area contributed by atoms with Gasteiger partial charge in [0.15, 0.2) is 0 Å². The van der Waals surface area contributed by atoms with Crippen molar-refractivity contribution in [2.75, 3.05) is 17.2 Å². The molecular weight excluding hydrogens is 507 g/mol. The van der Waals surface area contributed by atoms with E-state index >= 15 is 0 Å². The Balaban J connectivity index is 1.64. The van der Waals surface area contributed by atoms with E-state index in [9.17, 15) is 10.5 Å². The van der Waals surface area contributed by atoms with Gasteiger partial charge in [-0.25, -0.2) is 0 Å². The van der Waals surface area contributed by atoms with Crippen LogP contribution in [-0.4, -0.2) is 30.4 Å². The van der Waals surface area contributed by atoms with Gasteiger partial charge in [0, 0.05) is 36.1 Å². The molecule has 0 bridgehead atoms. The number of fused-ring (bicyclic) bond motifs is 1. The van der Waals surface area contributed by atoms with Crippen LogP contribution in [0, 0.1) is 35.0 Å². The number of nitrogens with zero attached hydrogens (tertiary/aromatic N) is 4. The van der Waals surface area contributed by atoms with Crippen LogP contribution in [0.1, 0.15) is 55.9 Å². The van der Waals surface area contributed by atoms with Crippen molar-refractivity contribution < 1.29 is 0 Å². The third-order valence-corrected chi connectivity index (χ3v) is 7.58. The van der Waals surface area contributed by atoms with E-state index in [1.54, 1.807) is 6.20 Å². The SMILES string of the molecule is BC(Nc1cc(Cl)c2ncc(C#N)c(NCC(C)(C)C)c2c1)(C1=CN(C2CC2)NN1)c1cccc(C#N)c1C. The standard InChI is InChI=1S/C29H32BClN8/c1-17-18(12-32)6-5-7-23(17)29(30,25-15-39(38-37-25)21-8-9-21)36-20-10-22-26(35-16-28(2,3)4)19(13-33)14-34-27(22)24(31)11-20/h5-7,10-11,14-15,21,36-38H,8-9,16,30H2,1-4H3,(H,34,35). The molecule has 8 nitrogen and oxygen atoms in total. The van der Waals surface area contributed by atoms with E-state index in [4.69, 9.17) is 11.6 Å². The maximum atomic E-state index is 9.85. The third kappa shape index (κ3) is 5.21. The van der Waals surface area contributed by atoms with Gasteiger partial charge in [-0.3, -0.25) is 9.99 Å². The van der Waals surface area contributed by atoms with E-state index in [2.05, 4.69) is 78.5 Å². The lowest BCUT2D eigenvalue weighted by atomic mass is 9.67. The Morgan fingerprint density at radius 2 is 1.92 bits per heavy atom. The van der Waals surface area contributed by atoms with Gasteiger partial charge < -0.3 is 16.1 Å². The van der Waals surface area contributed by atoms with Crippen LogP contribution in [0.3, 0.4) is 0 Å². The van der Waals surface area contributed by atoms with Gasteiger partial charge in [0.2, 0.25) is 0 Å². The monoisotopic (exact) mass is 538 g/mol. The fourth-order valence-electron chi connectivity index (χ4n) is 4.96. The largest absolute Gasteiger partial charge is 0.383 e. The Bertz CT molecular complexity index is 1560. The summed E-state index contributed by atoms with van der Waals surface area (Å²) in [5, 5.41) is 30.1. The predicted molar refractivity (Wildman–Crippen MR) is 158 cm³/mol. The smallest absolute Gasteiger partial charge is 0.148 e. The summed E-state index contributed by atoms with van der Waals surface area (Å²) in [6.45, 7) is 9.06. The van der Waals surface area contributed by atoms with E-state index in [1.165, 1.54) is 0 Å². The number of benzene rings is 2. The molecule has 0 spiro atoms. The first kappa shape index (κ1) is 26.7. The summed E-state index contributed by atoms with van der Waals surface area (Å²) in [6.07, 6.45) is 5.95. The first-order valence-corrected chi connectivity index (χ1v) is 13.5. The fraction of sp³-hybridized carbons (Fsp3) is 0.345. The quantitative estimate of drug-likeness (QED) is 0.322. The minimum atomic E-state index is -0.746. The minimum absolute atomic E-state index is 0.00484. The van der Waals surface area contributed by atoms with Gasteiger partial charge in [0.1, 0.15) is 13.9 Å². The molecule has 2 heterocycles. The van der Waals surface area contributed by atoms with Crippen LogP contribution in [0.15, 0.2) is 48.4 Å². The highest BCUT2D eigenvalue weighted by Gasteiger charge is 2.39. The number of anilines is 2. The van der Waals surface area contributed by atoms with Crippen LogP contribution < -0.4 is 21.6 Å². The first-order chi connectivity index (χ1) is 18.5. The van der Waals surface area contributed by atoms with E-state index in [-0.39, 0.29) is 5.41 Å². The molecule has 1 aliphatic heterocycles. The molecule has 1 fully saturated rings. The number of pyridine rings is 1. The summed E-state index contributed by atoms with van der Waals surface area (Å²) < 4.78 is 0. The van der Waals surface area contributed by atoms with E-state index in [0.29, 0.717) is 39.9 Å². The molecule has 0 amide bonds. The Labute approximate surface area is 235 Å². The normalized spacial score (nSPS) is 16.6. The molecule has 0 saturated heterocycles. The summed E-state index contributed by atoms with van der Waals surface area (Å²) >= 11 is 6.80. The summed E-state index contributed by atoms with van der Waals surface area (Å²) in [4.78, 5) is 4.50. The van der Waals surface area contributed by atoms with Crippen LogP contribution in [0.5, 0.6) is 0 Å². The summed E-state index contributed by atoms with van der Waals surface area (Å²) in [5.41, 5.74) is 11.9. The minimum Gasteiger partial charge on any atom is -0.383 e. The topological polar surface area (TPSA) is 112 Å². The second kappa shape index (κ2) is 10.00. The average Bonchev–Trinajstić information content (AvgIpc) is 3.62. The fourth-order valence-corrected chi connectivity index (χ4v) is 5.23. The van der Waals surface area contributed by atoms with Gasteiger partial charge >= 0.3 is 0 Å². The zero-order chi connectivity index (χ0) is 27.9. The number of aromatic nitrogens is 1. The Morgan fingerprint density at radius 1 is 1.18 bits per heavy atom. The van der Waals surface area contributed by atoms with Gasteiger partial charge in [0.25, 0.3) is 0 Å². The van der Waals surface area contributed by atoms with Crippen LogP contribution >= 0.6 is 11.6 Å². The molecule has 4 N–H and O–H groups in total. The van der Waals surface area contributed by atoms with Gasteiger partial charge in [-0.2, -0.15) is 10.5 Å². The molecule has 1 aromatic heterocycles. The van der Waals surface area contributed by atoms with E-state index in [1.807, 2.05) is 37.3 Å². The van der Waals surface area contributed by atoms with Gasteiger partial charge in [0.05, 0.1) is 44.6 Å². The maximum Gasteiger partial charge on any atom is 0.148 e. The van der Waals surface area contributed by atoms with Gasteiger partial charge in [-0.15, -0.1) is 5.53 Å².